The lowest BCUT2D eigenvalue weighted by Crippen LogP contribution is -2.34. The van der Waals surface area contributed by atoms with E-state index in [0.717, 1.165) is 4.90 Å². The van der Waals surface area contributed by atoms with E-state index in [0.29, 0.717) is 16.4 Å². The molecule has 0 bridgehead atoms. The van der Waals surface area contributed by atoms with Crippen LogP contribution in [0.3, 0.4) is 0 Å². The van der Waals surface area contributed by atoms with Gasteiger partial charge in [-0.15, -0.1) is 0 Å². The summed E-state index contributed by atoms with van der Waals surface area (Å²) in [4.78, 5) is 25.6. The molecule has 6 heteroatoms. The molecule has 112 valence electrons. The molecule has 0 radical (unpaired) electrons. The van der Waals surface area contributed by atoms with Crippen molar-refractivity contribution in [2.45, 2.75) is 12.5 Å². The Labute approximate surface area is 131 Å². The maximum atomic E-state index is 13.0. The Hall–Kier alpha value is -2.40. The fraction of sp³-hybridized carbons (Fsp3) is 0.125. The van der Waals surface area contributed by atoms with Crippen LogP contribution in [0.4, 0.5) is 15.8 Å². The van der Waals surface area contributed by atoms with E-state index in [1.165, 1.54) is 24.3 Å². The third-order valence-electron chi connectivity index (χ3n) is 3.40. The average molecular weight is 319 g/mol. The lowest BCUT2D eigenvalue weighted by Gasteiger charge is -2.16. The van der Waals surface area contributed by atoms with Crippen LogP contribution in [0, 0.1) is 5.82 Å². The number of carbonyl (C=O) groups excluding carboxylic acids is 2. The molecule has 1 saturated heterocycles. The molecule has 1 N–H and O–H groups in total. The van der Waals surface area contributed by atoms with Gasteiger partial charge in [-0.05, 0) is 42.5 Å². The maximum Gasteiger partial charge on any atom is 0.256 e. The summed E-state index contributed by atoms with van der Waals surface area (Å²) in [5.41, 5.74) is 1.03. The van der Waals surface area contributed by atoms with Crippen LogP contribution in [-0.2, 0) is 9.59 Å². The second kappa shape index (κ2) is 5.77. The van der Waals surface area contributed by atoms with E-state index in [-0.39, 0.29) is 18.2 Å². The first-order valence-electron chi connectivity index (χ1n) is 6.69. The third-order valence-corrected chi connectivity index (χ3v) is 3.63. The number of nitrogens with one attached hydrogen (secondary N) is 1. The van der Waals surface area contributed by atoms with Crippen LogP contribution in [0.15, 0.2) is 48.5 Å². The number of hydrogen-bond donors (Lipinski definition) is 1. The summed E-state index contributed by atoms with van der Waals surface area (Å²) in [6.07, 6.45) is 0.0444. The highest BCUT2D eigenvalue weighted by Crippen LogP contribution is 2.25. The second-order valence-electron chi connectivity index (χ2n) is 4.96. The van der Waals surface area contributed by atoms with Gasteiger partial charge >= 0.3 is 0 Å². The predicted molar refractivity (Wildman–Crippen MR) is 82.4 cm³/mol. The molecule has 1 heterocycles. The van der Waals surface area contributed by atoms with E-state index in [1.807, 2.05) is 0 Å². The van der Waals surface area contributed by atoms with Gasteiger partial charge in [-0.2, -0.15) is 0 Å². The lowest BCUT2D eigenvalue weighted by molar-refractivity contribution is -0.121. The molecule has 2 aromatic rings. The molecule has 1 aliphatic heterocycles. The highest BCUT2D eigenvalue weighted by Gasteiger charge is 2.39. The summed E-state index contributed by atoms with van der Waals surface area (Å²) in [5, 5.41) is 3.54. The van der Waals surface area contributed by atoms with Crippen molar-refractivity contribution >= 4 is 34.8 Å². The number of hydrogen-bond acceptors (Lipinski definition) is 3. The van der Waals surface area contributed by atoms with Crippen LogP contribution >= 0.6 is 11.6 Å². The summed E-state index contributed by atoms with van der Waals surface area (Å²) < 4.78 is 13.0. The van der Waals surface area contributed by atoms with Crippen molar-refractivity contribution in [3.05, 3.63) is 59.4 Å². The largest absolute Gasteiger partial charge is 0.373 e. The monoisotopic (exact) mass is 318 g/mol. The first-order valence-corrected chi connectivity index (χ1v) is 7.07. The van der Waals surface area contributed by atoms with E-state index in [1.54, 1.807) is 24.3 Å². The number of imide groups is 1. The number of anilines is 2. The van der Waals surface area contributed by atoms with Crippen LogP contribution < -0.4 is 10.2 Å². The quantitative estimate of drug-likeness (QED) is 0.884. The molecule has 0 aliphatic carbocycles. The van der Waals surface area contributed by atoms with Crippen molar-refractivity contribution in [3.8, 4) is 0 Å². The first kappa shape index (κ1) is 14.5. The normalized spacial score (nSPS) is 17.9. The number of halogens is 2. The van der Waals surface area contributed by atoms with E-state index >= 15 is 0 Å². The van der Waals surface area contributed by atoms with Crippen LogP contribution in [0.5, 0.6) is 0 Å². The van der Waals surface area contributed by atoms with Gasteiger partial charge in [-0.1, -0.05) is 17.7 Å². The Morgan fingerprint density at radius 1 is 1.14 bits per heavy atom. The van der Waals surface area contributed by atoms with Crippen LogP contribution in [0.25, 0.3) is 0 Å². The van der Waals surface area contributed by atoms with Crippen molar-refractivity contribution in [2.24, 2.45) is 0 Å². The molecule has 0 unspecified atom stereocenters. The lowest BCUT2D eigenvalue weighted by atomic mass is 10.2. The molecule has 2 amide bonds. The fourth-order valence-electron chi connectivity index (χ4n) is 2.39. The number of benzene rings is 2. The molecule has 1 fully saturated rings. The van der Waals surface area contributed by atoms with E-state index in [9.17, 15) is 14.0 Å². The molecular formula is C16H12ClFN2O2. The van der Waals surface area contributed by atoms with Crippen molar-refractivity contribution < 1.29 is 14.0 Å². The Morgan fingerprint density at radius 3 is 2.55 bits per heavy atom. The molecule has 1 aliphatic rings. The minimum atomic E-state index is -0.656. The molecule has 4 nitrogen and oxygen atoms in total. The van der Waals surface area contributed by atoms with Gasteiger partial charge in [0.05, 0.1) is 12.1 Å². The SMILES string of the molecule is O=C1C[C@H](Nc2cccc(Cl)c2)C(=O)N1c1ccc(F)cc1. The van der Waals surface area contributed by atoms with Crippen molar-refractivity contribution in [1.82, 2.24) is 0 Å². The minimum absolute atomic E-state index is 0.0444. The Bertz CT molecular complexity index is 733. The van der Waals surface area contributed by atoms with Crippen LogP contribution in [0.1, 0.15) is 6.42 Å². The topological polar surface area (TPSA) is 49.4 Å². The predicted octanol–water partition coefficient (Wildman–Crippen LogP) is 3.22. The number of carbonyl (C=O) groups is 2. The Balaban J connectivity index is 1.81. The molecule has 2 aromatic carbocycles. The zero-order valence-corrected chi connectivity index (χ0v) is 12.2. The van der Waals surface area contributed by atoms with Crippen LogP contribution in [0.2, 0.25) is 5.02 Å². The van der Waals surface area contributed by atoms with Crippen LogP contribution in [-0.4, -0.2) is 17.9 Å². The Morgan fingerprint density at radius 2 is 1.86 bits per heavy atom. The zero-order chi connectivity index (χ0) is 15.7. The van der Waals surface area contributed by atoms with E-state index in [4.69, 9.17) is 11.6 Å². The maximum absolute atomic E-state index is 13.0. The van der Waals surface area contributed by atoms with Gasteiger partial charge in [0.2, 0.25) is 5.91 Å². The molecule has 22 heavy (non-hydrogen) atoms. The summed E-state index contributed by atoms with van der Waals surface area (Å²) >= 11 is 5.90. The smallest absolute Gasteiger partial charge is 0.256 e. The second-order valence-corrected chi connectivity index (χ2v) is 5.39. The summed E-state index contributed by atoms with van der Waals surface area (Å²) in [5.74, 6) is -1.11. The summed E-state index contributed by atoms with van der Waals surface area (Å²) in [6, 6.07) is 11.5. The average Bonchev–Trinajstić information content (AvgIpc) is 2.75. The highest BCUT2D eigenvalue weighted by molar-refractivity contribution is 6.30. The first-order chi connectivity index (χ1) is 10.5. The van der Waals surface area contributed by atoms with E-state index in [2.05, 4.69) is 5.32 Å². The fourth-order valence-corrected chi connectivity index (χ4v) is 2.58. The standard InChI is InChI=1S/C16H12ClFN2O2/c17-10-2-1-3-12(8-10)19-14-9-15(21)20(16(14)22)13-6-4-11(18)5-7-13/h1-8,14,19H,9H2/t14-/m0/s1. The van der Waals surface area contributed by atoms with Crippen molar-refractivity contribution in [1.29, 1.82) is 0 Å². The minimum Gasteiger partial charge on any atom is -0.373 e. The molecule has 3 rings (SSSR count). The van der Waals surface area contributed by atoms with Crippen molar-refractivity contribution in [3.63, 3.8) is 0 Å². The van der Waals surface area contributed by atoms with E-state index < -0.39 is 11.9 Å². The molecule has 0 spiro atoms. The van der Waals surface area contributed by atoms with Crippen molar-refractivity contribution in [2.75, 3.05) is 10.2 Å². The zero-order valence-electron chi connectivity index (χ0n) is 11.4. The van der Waals surface area contributed by atoms with Gasteiger partial charge in [0.25, 0.3) is 5.91 Å². The molecule has 0 saturated carbocycles. The molecular weight excluding hydrogens is 307 g/mol. The van der Waals surface area contributed by atoms with Gasteiger partial charge in [-0.3, -0.25) is 9.59 Å². The van der Waals surface area contributed by atoms with Gasteiger partial charge in [-0.25, -0.2) is 9.29 Å². The van der Waals surface area contributed by atoms with Gasteiger partial charge in [0, 0.05) is 10.7 Å². The summed E-state index contributed by atoms with van der Waals surface area (Å²) in [7, 11) is 0. The van der Waals surface area contributed by atoms with Gasteiger partial charge in [0.1, 0.15) is 11.9 Å². The number of nitrogens with zero attached hydrogens (tertiary/aromatic N) is 1. The van der Waals surface area contributed by atoms with Gasteiger partial charge in [0.15, 0.2) is 0 Å². The number of amides is 2. The summed E-state index contributed by atoms with van der Waals surface area (Å²) in [6.45, 7) is 0. The molecule has 1 atom stereocenters. The third kappa shape index (κ3) is 2.80. The van der Waals surface area contributed by atoms with Gasteiger partial charge < -0.3 is 5.32 Å². The molecule has 0 aromatic heterocycles. The number of rotatable bonds is 3. The highest BCUT2D eigenvalue weighted by atomic mass is 35.5. The Kier molecular flexibility index (Phi) is 3.81.